The molecule has 0 unspecified atom stereocenters. The van der Waals surface area contributed by atoms with Crippen molar-refractivity contribution in [1.29, 1.82) is 0 Å². The molecule has 10 rings (SSSR count). The molecule has 121 heavy (non-hydrogen) atoms. The summed E-state index contributed by atoms with van der Waals surface area (Å²) in [6, 6.07) is 16.0. The predicted molar refractivity (Wildman–Crippen MR) is 480 cm³/mol. The van der Waals surface area contributed by atoms with Crippen LogP contribution < -0.4 is 0 Å². The van der Waals surface area contributed by atoms with E-state index in [9.17, 15) is 43.5 Å². The molecule has 0 saturated heterocycles. The Balaban J connectivity index is 0.000000330. The number of carbonyl (C=O) groups excluding carboxylic acids is 7. The normalized spacial score (nSPS) is 12.5. The smallest absolute Gasteiger partial charge is 0.306 e. The summed E-state index contributed by atoms with van der Waals surface area (Å²) in [5.74, 6) is -1.54. The van der Waals surface area contributed by atoms with E-state index in [2.05, 4.69) is 61.5 Å². The fourth-order valence-electron chi connectivity index (χ4n) is 15.2. The Labute approximate surface area is 713 Å². The molecule has 0 saturated carbocycles. The van der Waals surface area contributed by atoms with Crippen LogP contribution in [0.1, 0.15) is 298 Å². The number of carbonyl (C=O) groups is 8. The Morgan fingerprint density at radius 2 is 0.496 bits per heavy atom. The van der Waals surface area contributed by atoms with E-state index in [1.54, 1.807) is 27.7 Å². The molecule has 16 bridgehead atoms. The minimum Gasteiger partial charge on any atom is -0.481 e. The Bertz CT molecular complexity index is 5300. The van der Waals surface area contributed by atoms with E-state index in [0.29, 0.717) is 155 Å². The van der Waals surface area contributed by atoms with Gasteiger partial charge in [0.25, 0.3) is 0 Å². The highest BCUT2D eigenvalue weighted by Gasteiger charge is 2.28. The van der Waals surface area contributed by atoms with Crippen molar-refractivity contribution >= 4 is 136 Å². The molecule has 6 aromatic rings. The number of carboxylic acids is 1. The van der Waals surface area contributed by atoms with E-state index in [-0.39, 0.29) is 108 Å². The first-order valence-electron chi connectivity index (χ1n) is 42.4. The quantitative estimate of drug-likeness (QED) is 0.0179. The lowest BCUT2D eigenvalue weighted by Crippen LogP contribution is -2.08. The van der Waals surface area contributed by atoms with Gasteiger partial charge in [0.15, 0.2) is 0 Å². The summed E-state index contributed by atoms with van der Waals surface area (Å²) < 4.78 is 37.9. The van der Waals surface area contributed by atoms with Crippen LogP contribution in [0.3, 0.4) is 0 Å². The number of hydrogen-bond acceptors (Lipinski definition) is 19. The van der Waals surface area contributed by atoms with Gasteiger partial charge in [-0.15, -0.1) is 0 Å². The molecule has 4 aliphatic heterocycles. The van der Waals surface area contributed by atoms with Crippen molar-refractivity contribution in [1.82, 2.24) is 39.9 Å². The van der Waals surface area contributed by atoms with E-state index >= 15 is 0 Å². The number of aromatic amines is 4. The molecule has 0 amide bonds. The van der Waals surface area contributed by atoms with Gasteiger partial charge < -0.3 is 58.2 Å². The van der Waals surface area contributed by atoms with Crippen LogP contribution in [0.5, 0.6) is 0 Å². The van der Waals surface area contributed by atoms with Crippen molar-refractivity contribution in [3.8, 4) is 0 Å². The van der Waals surface area contributed by atoms with Gasteiger partial charge in [0.2, 0.25) is 0 Å². The second kappa shape index (κ2) is 45.6. The van der Waals surface area contributed by atoms with Crippen LogP contribution in [0.4, 0.5) is 0 Å². The molecule has 0 spiro atoms. The molecule has 0 radical (unpaired) electrons. The van der Waals surface area contributed by atoms with E-state index < -0.39 is 5.97 Å². The standard InChI is InChI=1S/C51H68N4O8.C44H54N4O8.2CH4/c1-29(2)19-22-61-49(58)16-12-37-33(8)41-25-44-36(11-15-48(56)57)32(7)40(52-44)26-45-38(13-17-50(59)62-23-20-30(3)4)34(9)42(54-45)28-47-39(14-18-51(60)63-24-21-31(5)6)35(10)43(55-47)27-46(37)53-41;1-9-53-41(49)17-13-29-25(5)33-22-38-31(15-19-43(51)55-11-3)27(7)35(47-38)24-40-32(16-20-44(52)56-12-4)28(8)36(48-40)23-39-30(14-18-42(50)54-10-2)26(6)34(46-39)21-37(29)45-33;;/h25-31,52-53H,11-24H2,1-10H3,(H,56,57);21-24,45-46H,9-20H2,1-8H3;2*1H4. The molecule has 24 nitrogen and oxygen atoms in total. The molecule has 24 heteroatoms. The number of nitrogens with one attached hydrogen (secondary N) is 4. The van der Waals surface area contributed by atoms with Crippen LogP contribution in [0.15, 0.2) is 48.5 Å². The second-order valence-electron chi connectivity index (χ2n) is 32.1. The molecular weight excluding hydrogens is 1530 g/mol. The number of rotatable bonds is 37. The molecule has 654 valence electrons. The third-order valence-corrected chi connectivity index (χ3v) is 22.3. The number of carboxylic acid groups (broad SMARTS) is 1. The van der Waals surface area contributed by atoms with Crippen molar-refractivity contribution in [3.63, 3.8) is 0 Å². The number of aromatic nitrogens is 8. The average molecular weight is 1660 g/mol. The predicted octanol–water partition coefficient (Wildman–Crippen LogP) is 20.8. The van der Waals surface area contributed by atoms with E-state index in [0.717, 1.165) is 158 Å². The third-order valence-electron chi connectivity index (χ3n) is 22.3. The number of hydrogen-bond donors (Lipinski definition) is 5. The number of aryl methyl sites for hydroxylation is 8. The largest absolute Gasteiger partial charge is 0.481 e. The molecule has 4 aliphatic rings. The highest BCUT2D eigenvalue weighted by molar-refractivity contribution is 5.99. The van der Waals surface area contributed by atoms with Crippen molar-refractivity contribution < 1.29 is 76.6 Å². The number of nitrogens with zero attached hydrogens (tertiary/aromatic N) is 4. The Kier molecular flexibility index (Phi) is 36.6. The van der Waals surface area contributed by atoms with Crippen LogP contribution in [0, 0.1) is 45.4 Å². The van der Waals surface area contributed by atoms with Gasteiger partial charge >= 0.3 is 47.8 Å². The summed E-state index contributed by atoms with van der Waals surface area (Å²) in [6.45, 7) is 38.1. The zero-order valence-electron chi connectivity index (χ0n) is 73.1. The number of allylic oxidation sites excluding steroid dienone is 8. The fourth-order valence-corrected chi connectivity index (χ4v) is 15.2. The molecule has 10 heterocycles. The van der Waals surface area contributed by atoms with Gasteiger partial charge in [-0.05, 0) is 309 Å². The number of esters is 7. The lowest BCUT2D eigenvalue weighted by atomic mass is 9.98. The molecular formula is C97H130N8O16. The first-order valence-corrected chi connectivity index (χ1v) is 42.4. The summed E-state index contributed by atoms with van der Waals surface area (Å²) in [4.78, 5) is 136. The maximum Gasteiger partial charge on any atom is 0.306 e. The van der Waals surface area contributed by atoms with Crippen molar-refractivity contribution in [2.24, 2.45) is 17.8 Å². The zero-order chi connectivity index (χ0) is 86.5. The molecule has 0 fully saturated rings. The molecule has 5 N–H and O–H groups in total. The van der Waals surface area contributed by atoms with Crippen LogP contribution in [-0.2, 0) is 97.2 Å². The molecule has 0 aromatic carbocycles. The van der Waals surface area contributed by atoms with Gasteiger partial charge in [-0.1, -0.05) is 56.4 Å². The van der Waals surface area contributed by atoms with Gasteiger partial charge in [-0.3, -0.25) is 38.4 Å². The van der Waals surface area contributed by atoms with Gasteiger partial charge in [-0.2, -0.15) is 0 Å². The second-order valence-corrected chi connectivity index (χ2v) is 32.1. The van der Waals surface area contributed by atoms with E-state index in [1.165, 1.54) is 0 Å². The van der Waals surface area contributed by atoms with Crippen LogP contribution in [0.25, 0.3) is 88.7 Å². The van der Waals surface area contributed by atoms with Crippen molar-refractivity contribution in [3.05, 3.63) is 139 Å². The van der Waals surface area contributed by atoms with E-state index in [1.807, 2.05) is 104 Å². The SMILES string of the molecule is C.C.CC1=C(CCC(=O)OCCC(C)C)c2cc3nc(cc4[nH]c(cc5[nH]c(cc1n2)c(CCC(=O)OCCC(C)C)c5C)c(CCC(=O)O)c4C)C(CCC(=O)OCCC(C)C)=C3C.CCOC(=O)CCC1=C(C)c2cc3[nH]c(cc4[nH]c(cc5nc(cc1n2)C(C)=C5CCC(=O)OCC)c(C)c4CCC(=O)OCC)c(C)c3CCC(=O)OCC. The fraction of sp³-hybridized carbons (Fsp3) is 0.505. The number of H-pyrrole nitrogens is 4. The monoisotopic (exact) mass is 1660 g/mol. The third kappa shape index (κ3) is 26.0. The molecule has 0 aliphatic carbocycles. The highest BCUT2D eigenvalue weighted by atomic mass is 16.6. The minimum absolute atomic E-state index is 0. The van der Waals surface area contributed by atoms with Gasteiger partial charge in [0.05, 0.1) is 91.8 Å². The summed E-state index contributed by atoms with van der Waals surface area (Å²) in [6.07, 6.45) is 6.97. The van der Waals surface area contributed by atoms with Gasteiger partial charge in [0, 0.05) is 95.5 Å². The summed E-state index contributed by atoms with van der Waals surface area (Å²) in [5.41, 5.74) is 26.9. The topological polar surface area (TPSA) is 336 Å². The zero-order valence-corrected chi connectivity index (χ0v) is 73.1. The minimum atomic E-state index is -0.892. The molecule has 6 aromatic heterocycles. The van der Waals surface area contributed by atoms with Crippen LogP contribution >= 0.6 is 0 Å². The lowest BCUT2D eigenvalue weighted by molar-refractivity contribution is -0.144. The van der Waals surface area contributed by atoms with Gasteiger partial charge in [0.1, 0.15) is 0 Å². The average Bonchev–Trinajstić information content (AvgIpc) is 1.62. The number of aliphatic carboxylic acids is 1. The number of fused-ring (bicyclic) bond motifs is 16. The maximum absolute atomic E-state index is 13.0. The van der Waals surface area contributed by atoms with Crippen LogP contribution in [0.2, 0.25) is 0 Å². The Morgan fingerprint density at radius 1 is 0.289 bits per heavy atom. The maximum atomic E-state index is 13.0. The Hall–Kier alpha value is -11.0. The first-order chi connectivity index (χ1) is 56.8. The van der Waals surface area contributed by atoms with Gasteiger partial charge in [-0.25, -0.2) is 19.9 Å². The summed E-state index contributed by atoms with van der Waals surface area (Å²) >= 11 is 0. The van der Waals surface area contributed by atoms with Crippen molar-refractivity contribution in [2.45, 2.75) is 261 Å². The Morgan fingerprint density at radius 3 is 0.744 bits per heavy atom. The lowest BCUT2D eigenvalue weighted by Gasteiger charge is -2.08. The summed E-state index contributed by atoms with van der Waals surface area (Å²) in [5, 5.41) is 9.74. The number of ether oxygens (including phenoxy) is 7. The highest BCUT2D eigenvalue weighted by Crippen LogP contribution is 2.42. The van der Waals surface area contributed by atoms with Crippen LogP contribution in [-0.4, -0.2) is 139 Å². The van der Waals surface area contributed by atoms with E-state index in [4.69, 9.17) is 53.1 Å². The summed E-state index contributed by atoms with van der Waals surface area (Å²) in [7, 11) is 0. The van der Waals surface area contributed by atoms with Crippen molar-refractivity contribution in [2.75, 3.05) is 46.2 Å². The molecule has 0 atom stereocenters. The first kappa shape index (κ1) is 97.1.